The summed E-state index contributed by atoms with van der Waals surface area (Å²) in [7, 11) is 1.56. The largest absolute Gasteiger partial charge is 0.491 e. The highest BCUT2D eigenvalue weighted by Crippen LogP contribution is 2.36. The summed E-state index contributed by atoms with van der Waals surface area (Å²) >= 11 is 0. The van der Waals surface area contributed by atoms with E-state index in [2.05, 4.69) is 26.6 Å². The Morgan fingerprint density at radius 2 is 1.63 bits per heavy atom. The maximum Gasteiger partial charge on any atom is 0.252 e. The summed E-state index contributed by atoms with van der Waals surface area (Å²) in [5.41, 5.74) is 0.0143. The van der Waals surface area contributed by atoms with Gasteiger partial charge in [-0.15, -0.1) is 0 Å². The Bertz CT molecular complexity index is 1800. The second kappa shape index (κ2) is 16.0. The van der Waals surface area contributed by atoms with Crippen molar-refractivity contribution >= 4 is 29.5 Å². The van der Waals surface area contributed by atoms with Crippen LogP contribution in [0.3, 0.4) is 0 Å². The molecule has 1 aromatic heterocycles. The van der Waals surface area contributed by atoms with Crippen LogP contribution in [0, 0.1) is 5.92 Å². The fraction of sp³-hybridized carbons (Fsp3) is 0.421. The maximum absolute atomic E-state index is 13.8. The summed E-state index contributed by atoms with van der Waals surface area (Å²) in [6.45, 7) is 5.75. The van der Waals surface area contributed by atoms with Gasteiger partial charge in [0.15, 0.2) is 0 Å². The van der Waals surface area contributed by atoms with E-state index in [1.54, 1.807) is 31.3 Å². The highest BCUT2D eigenvalue weighted by Gasteiger charge is 2.52. The molecule has 6 rings (SSSR count). The van der Waals surface area contributed by atoms with Gasteiger partial charge in [0.25, 0.3) is 11.5 Å². The van der Waals surface area contributed by atoms with E-state index in [-0.39, 0.29) is 48.4 Å². The van der Waals surface area contributed by atoms with Crippen LogP contribution in [0.25, 0.3) is 0 Å². The van der Waals surface area contributed by atoms with Crippen LogP contribution in [-0.2, 0) is 39.1 Å². The number of amides is 5. The zero-order valence-corrected chi connectivity index (χ0v) is 29.4. The van der Waals surface area contributed by atoms with Gasteiger partial charge in [-0.25, -0.2) is 0 Å². The van der Waals surface area contributed by atoms with Crippen LogP contribution in [0.2, 0.25) is 0 Å². The summed E-state index contributed by atoms with van der Waals surface area (Å²) in [4.78, 5) is 80.0. The van der Waals surface area contributed by atoms with Crippen LogP contribution in [0.4, 0.5) is 0 Å². The van der Waals surface area contributed by atoms with Gasteiger partial charge in [-0.2, -0.15) is 0 Å². The molecule has 270 valence electrons. The Morgan fingerprint density at radius 1 is 0.922 bits per heavy atom. The molecule has 1 saturated carbocycles. The second-order valence-corrected chi connectivity index (χ2v) is 13.9. The van der Waals surface area contributed by atoms with Crippen LogP contribution in [-0.4, -0.2) is 70.4 Å². The minimum absolute atomic E-state index is 0.0677. The third-order valence-electron chi connectivity index (χ3n) is 9.11. The van der Waals surface area contributed by atoms with Gasteiger partial charge in [0.2, 0.25) is 23.6 Å². The first kappa shape index (κ1) is 36.8. The lowest BCUT2D eigenvalue weighted by atomic mass is 10.0. The van der Waals surface area contributed by atoms with E-state index in [0.29, 0.717) is 30.6 Å². The predicted octanol–water partition coefficient (Wildman–Crippen LogP) is 1.53. The Morgan fingerprint density at radius 3 is 2.27 bits per heavy atom. The molecule has 2 bridgehead atoms. The highest BCUT2D eigenvalue weighted by molar-refractivity contribution is 6.00. The molecule has 5 N–H and O–H groups in total. The minimum atomic E-state index is -1.24. The molecule has 13 heteroatoms. The van der Waals surface area contributed by atoms with E-state index >= 15 is 0 Å². The van der Waals surface area contributed by atoms with Gasteiger partial charge in [-0.1, -0.05) is 56.3 Å². The molecule has 3 heterocycles. The molecule has 13 nitrogen and oxygen atoms in total. The Hall–Kier alpha value is -5.46. The van der Waals surface area contributed by atoms with Gasteiger partial charge in [0, 0.05) is 37.7 Å². The standard InChI is InChI=1S/C38H46N6O7/c1-23(2)18-28-22-51-29-12-10-26(11-13-29)20-30(41-34(47)27-14-17-44(4)32(45)21-27)35(48)39-24(3)33(46)43-38(15-16-38)37(50)42-31(36(49)40-28)19-25-8-6-5-7-9-25/h5-14,17,21,23-24,28,30-31H,15-16,18-20,22H2,1-4H3,(H,39,48)(H,40,49)(H,41,47)(H,42,50)(H,43,46)/t24-,28+,30+,31-/m1/s1. The fourth-order valence-corrected chi connectivity index (χ4v) is 5.95. The lowest BCUT2D eigenvalue weighted by Gasteiger charge is -2.27. The number of nitrogens with zero attached hydrogens (tertiary/aromatic N) is 1. The number of fused-ring (bicyclic) bond motifs is 15. The average Bonchev–Trinajstić information content (AvgIpc) is 3.88. The van der Waals surface area contributed by atoms with Crippen LogP contribution in [0.15, 0.2) is 77.7 Å². The molecule has 0 unspecified atom stereocenters. The number of carbonyl (C=O) groups is 5. The Labute approximate surface area is 296 Å². The zero-order chi connectivity index (χ0) is 36.7. The van der Waals surface area contributed by atoms with Crippen molar-refractivity contribution in [1.29, 1.82) is 0 Å². The van der Waals surface area contributed by atoms with Crippen molar-refractivity contribution in [3.05, 3.63) is 100.0 Å². The SMILES string of the molecule is CC(C)C[C@H]1COc2ccc(cc2)C[C@H](NC(=O)c2ccn(C)c(=O)c2)C(=O)N[C@H](C)C(=O)NC2(CC2)C(=O)N[C@H](Cc2ccccc2)C(=O)N1. The van der Waals surface area contributed by atoms with E-state index in [9.17, 15) is 28.8 Å². The van der Waals surface area contributed by atoms with Crippen molar-refractivity contribution in [3.63, 3.8) is 0 Å². The van der Waals surface area contributed by atoms with E-state index in [1.807, 2.05) is 44.2 Å². The monoisotopic (exact) mass is 698 g/mol. The molecule has 1 aliphatic carbocycles. The normalized spacial score (nSPS) is 22.6. The summed E-state index contributed by atoms with van der Waals surface area (Å²) in [5, 5.41) is 14.2. The van der Waals surface area contributed by atoms with Gasteiger partial charge >= 0.3 is 0 Å². The number of aromatic nitrogens is 1. The number of nitrogens with one attached hydrogen (secondary N) is 5. The first-order valence-electron chi connectivity index (χ1n) is 17.3. The van der Waals surface area contributed by atoms with Crippen LogP contribution >= 0.6 is 0 Å². The summed E-state index contributed by atoms with van der Waals surface area (Å²) < 4.78 is 7.43. The van der Waals surface area contributed by atoms with E-state index in [0.717, 1.165) is 5.56 Å². The van der Waals surface area contributed by atoms with Crippen molar-refractivity contribution < 1.29 is 28.7 Å². The Kier molecular flexibility index (Phi) is 11.6. The molecule has 2 aromatic carbocycles. The van der Waals surface area contributed by atoms with Crippen molar-refractivity contribution in [2.75, 3.05) is 6.61 Å². The number of ether oxygens (including phenoxy) is 1. The number of hydrogen-bond acceptors (Lipinski definition) is 7. The van der Waals surface area contributed by atoms with Crippen molar-refractivity contribution in [1.82, 2.24) is 31.2 Å². The topological polar surface area (TPSA) is 177 Å². The number of benzene rings is 2. The van der Waals surface area contributed by atoms with Gasteiger partial charge in [-0.05, 0) is 61.4 Å². The molecule has 2 aliphatic heterocycles. The van der Waals surface area contributed by atoms with Crippen molar-refractivity contribution in [2.45, 2.75) is 82.6 Å². The summed E-state index contributed by atoms with van der Waals surface area (Å²) in [5.74, 6) is -1.93. The summed E-state index contributed by atoms with van der Waals surface area (Å²) in [6.07, 6.45) is 3.10. The third kappa shape index (κ3) is 9.83. The lowest BCUT2D eigenvalue weighted by Crippen LogP contribution is -2.59. The average molecular weight is 699 g/mol. The number of hydrogen-bond donors (Lipinski definition) is 5. The van der Waals surface area contributed by atoms with Gasteiger partial charge in [-0.3, -0.25) is 28.8 Å². The molecule has 4 atom stereocenters. The quantitative estimate of drug-likeness (QED) is 0.243. The molecule has 3 aromatic rings. The fourth-order valence-electron chi connectivity index (χ4n) is 5.95. The minimum Gasteiger partial charge on any atom is -0.491 e. The first-order valence-corrected chi connectivity index (χ1v) is 17.3. The predicted molar refractivity (Wildman–Crippen MR) is 190 cm³/mol. The lowest BCUT2D eigenvalue weighted by molar-refractivity contribution is -0.134. The van der Waals surface area contributed by atoms with Crippen LogP contribution < -0.4 is 36.9 Å². The molecule has 0 saturated heterocycles. The molecule has 1 spiro atoms. The molecule has 5 amide bonds. The smallest absolute Gasteiger partial charge is 0.252 e. The number of rotatable bonds is 6. The molecular weight excluding hydrogens is 652 g/mol. The molecule has 1 fully saturated rings. The summed E-state index contributed by atoms with van der Waals surface area (Å²) in [6, 6.07) is 15.5. The maximum atomic E-state index is 13.8. The highest BCUT2D eigenvalue weighted by atomic mass is 16.5. The van der Waals surface area contributed by atoms with Crippen molar-refractivity contribution in [2.24, 2.45) is 13.0 Å². The number of aryl methyl sites for hydroxylation is 1. The molecular formula is C38H46N6O7. The molecule has 3 aliphatic rings. The third-order valence-corrected chi connectivity index (χ3v) is 9.11. The van der Waals surface area contributed by atoms with E-state index in [1.165, 1.54) is 29.8 Å². The second-order valence-electron chi connectivity index (χ2n) is 13.9. The Balaban J connectivity index is 1.43. The first-order chi connectivity index (χ1) is 24.3. The van der Waals surface area contributed by atoms with Crippen LogP contribution in [0.5, 0.6) is 5.75 Å². The van der Waals surface area contributed by atoms with E-state index in [4.69, 9.17) is 4.74 Å². The number of carbonyl (C=O) groups excluding carboxylic acids is 5. The zero-order valence-electron chi connectivity index (χ0n) is 29.4. The van der Waals surface area contributed by atoms with Gasteiger partial charge in [0.05, 0.1) is 6.04 Å². The van der Waals surface area contributed by atoms with Gasteiger partial charge in [0.1, 0.15) is 36.0 Å². The van der Waals surface area contributed by atoms with E-state index < -0.39 is 47.3 Å². The van der Waals surface area contributed by atoms with Crippen LogP contribution in [0.1, 0.15) is 61.5 Å². The molecule has 51 heavy (non-hydrogen) atoms. The van der Waals surface area contributed by atoms with Gasteiger partial charge < -0.3 is 35.9 Å². The molecule has 0 radical (unpaired) electrons. The van der Waals surface area contributed by atoms with Crippen molar-refractivity contribution in [3.8, 4) is 5.75 Å². The number of pyridine rings is 1.